The maximum absolute atomic E-state index is 12.0. The number of rotatable bonds is 2. The average molecular weight is 210 g/mol. The molecule has 2 atom stereocenters. The minimum atomic E-state index is 0.139. The molecular weight excluding hydrogens is 188 g/mol. The van der Waals surface area contributed by atoms with Crippen LogP contribution in [0.2, 0.25) is 0 Å². The van der Waals surface area contributed by atoms with Crippen LogP contribution >= 0.6 is 0 Å². The van der Waals surface area contributed by atoms with Gasteiger partial charge in [0.05, 0.1) is 0 Å². The molecule has 2 aliphatic rings. The zero-order valence-corrected chi connectivity index (χ0v) is 10.0. The van der Waals surface area contributed by atoms with Crippen LogP contribution in [0.5, 0.6) is 0 Å². The van der Waals surface area contributed by atoms with Crippen molar-refractivity contribution < 1.29 is 4.79 Å². The van der Waals surface area contributed by atoms with E-state index in [1.165, 1.54) is 0 Å². The van der Waals surface area contributed by atoms with Gasteiger partial charge in [-0.05, 0) is 45.7 Å². The molecule has 0 radical (unpaired) electrons. The molecule has 15 heavy (non-hydrogen) atoms. The Labute approximate surface area is 92.2 Å². The summed E-state index contributed by atoms with van der Waals surface area (Å²) in [5.74, 6) is 1.01. The minimum absolute atomic E-state index is 0.139. The molecule has 1 aliphatic carbocycles. The van der Waals surface area contributed by atoms with Crippen molar-refractivity contribution in [2.24, 2.45) is 11.8 Å². The van der Waals surface area contributed by atoms with Crippen LogP contribution < -0.4 is 5.32 Å². The SMILES string of the molecule is C[C@H]1CN(C)CCC1C(=O)NC1(C)CC1. The van der Waals surface area contributed by atoms with Crippen LogP contribution in [0.3, 0.4) is 0 Å². The minimum Gasteiger partial charge on any atom is -0.351 e. The lowest BCUT2D eigenvalue weighted by molar-refractivity contribution is -0.129. The Morgan fingerprint density at radius 1 is 1.47 bits per heavy atom. The summed E-state index contributed by atoms with van der Waals surface area (Å²) in [6, 6.07) is 0. The molecule has 0 aromatic heterocycles. The predicted octanol–water partition coefficient (Wildman–Crippen LogP) is 1.24. The Kier molecular flexibility index (Phi) is 2.75. The molecule has 1 amide bonds. The number of hydrogen-bond acceptors (Lipinski definition) is 2. The van der Waals surface area contributed by atoms with Gasteiger partial charge in [0.15, 0.2) is 0 Å². The quantitative estimate of drug-likeness (QED) is 0.744. The second-order valence-electron chi connectivity index (χ2n) is 5.68. The van der Waals surface area contributed by atoms with Gasteiger partial charge in [0.2, 0.25) is 5.91 Å². The molecule has 1 N–H and O–H groups in total. The zero-order chi connectivity index (χ0) is 11.1. The second kappa shape index (κ2) is 3.78. The smallest absolute Gasteiger partial charge is 0.223 e. The molecule has 1 aliphatic heterocycles. The highest BCUT2D eigenvalue weighted by molar-refractivity contribution is 5.80. The molecule has 1 unspecified atom stereocenters. The van der Waals surface area contributed by atoms with Gasteiger partial charge < -0.3 is 10.2 Å². The third-order valence-electron chi connectivity index (χ3n) is 3.87. The Balaban J connectivity index is 1.89. The van der Waals surface area contributed by atoms with Crippen molar-refractivity contribution in [2.45, 2.75) is 38.6 Å². The van der Waals surface area contributed by atoms with Crippen molar-refractivity contribution >= 4 is 5.91 Å². The van der Waals surface area contributed by atoms with E-state index >= 15 is 0 Å². The highest BCUT2D eigenvalue weighted by Crippen LogP contribution is 2.35. The van der Waals surface area contributed by atoms with Crippen molar-refractivity contribution in [3.63, 3.8) is 0 Å². The topological polar surface area (TPSA) is 32.3 Å². The van der Waals surface area contributed by atoms with Gasteiger partial charge in [-0.25, -0.2) is 0 Å². The van der Waals surface area contributed by atoms with Gasteiger partial charge in [0.1, 0.15) is 0 Å². The highest BCUT2D eigenvalue weighted by atomic mass is 16.2. The summed E-state index contributed by atoms with van der Waals surface area (Å²) < 4.78 is 0. The molecule has 0 aromatic rings. The summed E-state index contributed by atoms with van der Waals surface area (Å²) in [6.07, 6.45) is 3.32. The Morgan fingerprint density at radius 3 is 2.67 bits per heavy atom. The first-order valence-electron chi connectivity index (χ1n) is 6.01. The number of amides is 1. The lowest BCUT2D eigenvalue weighted by atomic mass is 9.86. The maximum atomic E-state index is 12.0. The van der Waals surface area contributed by atoms with Crippen molar-refractivity contribution in [1.29, 1.82) is 0 Å². The van der Waals surface area contributed by atoms with E-state index in [2.05, 4.69) is 31.1 Å². The van der Waals surface area contributed by atoms with Crippen LogP contribution in [0.4, 0.5) is 0 Å². The van der Waals surface area contributed by atoms with E-state index in [0.29, 0.717) is 5.92 Å². The molecule has 1 saturated heterocycles. The Morgan fingerprint density at radius 2 is 2.13 bits per heavy atom. The van der Waals surface area contributed by atoms with E-state index in [4.69, 9.17) is 0 Å². The van der Waals surface area contributed by atoms with Gasteiger partial charge in [0.25, 0.3) is 0 Å². The van der Waals surface area contributed by atoms with Crippen LogP contribution in [0.15, 0.2) is 0 Å². The number of carbonyl (C=O) groups is 1. The molecule has 1 saturated carbocycles. The van der Waals surface area contributed by atoms with Crippen molar-refractivity contribution in [2.75, 3.05) is 20.1 Å². The van der Waals surface area contributed by atoms with Crippen LogP contribution in [0.1, 0.15) is 33.1 Å². The van der Waals surface area contributed by atoms with E-state index in [-0.39, 0.29) is 17.4 Å². The number of piperidine rings is 1. The van der Waals surface area contributed by atoms with E-state index in [1.54, 1.807) is 0 Å². The van der Waals surface area contributed by atoms with Gasteiger partial charge in [-0.15, -0.1) is 0 Å². The van der Waals surface area contributed by atoms with Gasteiger partial charge in [-0.1, -0.05) is 6.92 Å². The number of nitrogens with one attached hydrogen (secondary N) is 1. The number of hydrogen-bond donors (Lipinski definition) is 1. The van der Waals surface area contributed by atoms with Gasteiger partial charge in [-0.3, -0.25) is 4.79 Å². The fraction of sp³-hybridized carbons (Fsp3) is 0.917. The third kappa shape index (κ3) is 2.51. The summed E-state index contributed by atoms with van der Waals surface area (Å²) in [7, 11) is 2.13. The van der Waals surface area contributed by atoms with Crippen molar-refractivity contribution in [1.82, 2.24) is 10.2 Å². The summed E-state index contributed by atoms with van der Waals surface area (Å²) in [4.78, 5) is 14.4. The van der Waals surface area contributed by atoms with Crippen LogP contribution in [-0.2, 0) is 4.79 Å². The third-order valence-corrected chi connectivity index (χ3v) is 3.87. The fourth-order valence-electron chi connectivity index (χ4n) is 2.45. The van der Waals surface area contributed by atoms with Gasteiger partial charge in [0, 0.05) is 18.0 Å². The van der Waals surface area contributed by atoms with E-state index in [0.717, 1.165) is 32.4 Å². The first-order chi connectivity index (χ1) is 7.00. The summed E-state index contributed by atoms with van der Waals surface area (Å²) in [5.41, 5.74) is 0.139. The predicted molar refractivity (Wildman–Crippen MR) is 60.5 cm³/mol. The number of nitrogens with zero attached hydrogens (tertiary/aromatic N) is 1. The van der Waals surface area contributed by atoms with E-state index in [1.807, 2.05) is 0 Å². The van der Waals surface area contributed by atoms with Crippen molar-refractivity contribution in [3.05, 3.63) is 0 Å². The average Bonchev–Trinajstić information content (AvgIpc) is 2.82. The normalized spacial score (nSPS) is 34.9. The standard InChI is InChI=1S/C12H22N2O/c1-9-8-14(3)7-4-10(9)11(15)13-12(2)5-6-12/h9-10H,4-8H2,1-3H3,(H,13,15)/t9-,10?/m0/s1. The van der Waals surface area contributed by atoms with E-state index < -0.39 is 0 Å². The number of likely N-dealkylation sites (tertiary alicyclic amines) is 1. The molecule has 0 aromatic carbocycles. The molecule has 86 valence electrons. The lowest BCUT2D eigenvalue weighted by Crippen LogP contribution is -2.46. The Hall–Kier alpha value is -0.570. The zero-order valence-electron chi connectivity index (χ0n) is 10.0. The van der Waals surface area contributed by atoms with Crippen LogP contribution in [0, 0.1) is 11.8 Å². The lowest BCUT2D eigenvalue weighted by Gasteiger charge is -2.34. The molecule has 0 spiro atoms. The largest absolute Gasteiger partial charge is 0.351 e. The van der Waals surface area contributed by atoms with Crippen molar-refractivity contribution in [3.8, 4) is 0 Å². The summed E-state index contributed by atoms with van der Waals surface area (Å²) in [5, 5.41) is 3.19. The number of carbonyl (C=O) groups excluding carboxylic acids is 1. The molecule has 2 rings (SSSR count). The maximum Gasteiger partial charge on any atom is 0.223 e. The molecule has 2 fully saturated rings. The highest BCUT2D eigenvalue weighted by Gasteiger charge is 2.41. The van der Waals surface area contributed by atoms with Crippen LogP contribution in [-0.4, -0.2) is 36.5 Å². The summed E-state index contributed by atoms with van der Waals surface area (Å²) in [6.45, 7) is 6.44. The fourth-order valence-corrected chi connectivity index (χ4v) is 2.45. The first kappa shape index (κ1) is 10.9. The molecule has 1 heterocycles. The second-order valence-corrected chi connectivity index (χ2v) is 5.68. The first-order valence-corrected chi connectivity index (χ1v) is 6.01. The molecule has 3 nitrogen and oxygen atoms in total. The monoisotopic (exact) mass is 210 g/mol. The molecule has 3 heteroatoms. The summed E-state index contributed by atoms with van der Waals surface area (Å²) >= 11 is 0. The van der Waals surface area contributed by atoms with Gasteiger partial charge >= 0.3 is 0 Å². The van der Waals surface area contributed by atoms with Crippen LogP contribution in [0.25, 0.3) is 0 Å². The Bertz CT molecular complexity index is 260. The van der Waals surface area contributed by atoms with Gasteiger partial charge in [-0.2, -0.15) is 0 Å². The molecule has 0 bridgehead atoms. The van der Waals surface area contributed by atoms with E-state index in [9.17, 15) is 4.79 Å². The molecular formula is C12H22N2O.